The van der Waals surface area contributed by atoms with Crippen molar-refractivity contribution in [2.45, 2.75) is 17.7 Å². The van der Waals surface area contributed by atoms with Crippen molar-refractivity contribution in [2.24, 2.45) is 18.0 Å². The smallest absolute Gasteiger partial charge is 0.252 e. The molecule has 1 saturated heterocycles. The predicted octanol–water partition coefficient (Wildman–Crippen LogP) is 3.92. The summed E-state index contributed by atoms with van der Waals surface area (Å²) in [4.78, 5) is 18.4. The van der Waals surface area contributed by atoms with Crippen molar-refractivity contribution in [2.75, 3.05) is 13.1 Å². The second-order valence-electron chi connectivity index (χ2n) is 8.04. The number of thiazole rings is 1. The molecule has 5 rings (SSSR count). The number of hydrogen-bond acceptors (Lipinski definition) is 4. The molecule has 1 fully saturated rings. The Kier molecular flexibility index (Phi) is 5.44. The maximum Gasteiger partial charge on any atom is 0.252 e. The first-order valence-electron chi connectivity index (χ1n) is 10.6. The largest absolute Gasteiger partial charge is 0.319 e. The first-order valence-corrected chi connectivity index (χ1v) is 12.8. The number of benzene rings is 3. The van der Waals surface area contributed by atoms with E-state index in [-0.39, 0.29) is 17.3 Å². The Morgan fingerprint density at radius 2 is 1.78 bits per heavy atom. The summed E-state index contributed by atoms with van der Waals surface area (Å²) < 4.78 is 30.4. The fourth-order valence-electron chi connectivity index (χ4n) is 4.31. The second-order valence-corrected chi connectivity index (χ2v) is 11.0. The van der Waals surface area contributed by atoms with Gasteiger partial charge in [-0.3, -0.25) is 4.79 Å². The Bertz CT molecular complexity index is 1490. The van der Waals surface area contributed by atoms with Gasteiger partial charge in [0.1, 0.15) is 0 Å². The third-order valence-electron chi connectivity index (χ3n) is 6.01. The molecule has 0 bridgehead atoms. The molecule has 1 aliphatic rings. The lowest BCUT2D eigenvalue weighted by Crippen LogP contribution is -2.42. The zero-order valence-corrected chi connectivity index (χ0v) is 19.3. The zero-order valence-electron chi connectivity index (χ0n) is 17.6. The normalized spacial score (nSPS) is 18.4. The average Bonchev–Trinajstić information content (AvgIpc) is 3.15. The standard InChI is InChI=1S/C24H23N3O3S2/c1-26-22-20-12-6-5-8-17(20)13-14-21(22)31-24(26)25-23(28)18-9-7-15-27(16-18)32(29,30)19-10-3-2-4-11-19/h2-6,8,10-14,18H,7,9,15-16H2,1H3. The summed E-state index contributed by atoms with van der Waals surface area (Å²) in [6, 6.07) is 20.7. The number of aromatic nitrogens is 1. The number of sulfonamides is 1. The van der Waals surface area contributed by atoms with Crippen LogP contribution in [0, 0.1) is 5.92 Å². The van der Waals surface area contributed by atoms with Crippen molar-refractivity contribution >= 4 is 48.3 Å². The minimum atomic E-state index is -3.62. The van der Waals surface area contributed by atoms with Crippen LogP contribution in [0.1, 0.15) is 12.8 Å². The first kappa shape index (κ1) is 21.1. The Balaban J connectivity index is 1.46. The molecule has 1 amide bonds. The van der Waals surface area contributed by atoms with E-state index in [9.17, 15) is 13.2 Å². The number of amides is 1. The lowest BCUT2D eigenvalue weighted by Gasteiger charge is -2.30. The highest BCUT2D eigenvalue weighted by Crippen LogP contribution is 2.27. The lowest BCUT2D eigenvalue weighted by atomic mass is 9.99. The average molecular weight is 466 g/mol. The predicted molar refractivity (Wildman–Crippen MR) is 127 cm³/mol. The highest BCUT2D eigenvalue weighted by Gasteiger charge is 2.33. The van der Waals surface area contributed by atoms with E-state index in [1.54, 1.807) is 30.3 Å². The van der Waals surface area contributed by atoms with E-state index < -0.39 is 15.9 Å². The van der Waals surface area contributed by atoms with Gasteiger partial charge in [0.25, 0.3) is 5.91 Å². The number of carbonyl (C=O) groups excluding carboxylic acids is 1. The lowest BCUT2D eigenvalue weighted by molar-refractivity contribution is -0.122. The molecule has 32 heavy (non-hydrogen) atoms. The summed E-state index contributed by atoms with van der Waals surface area (Å²) in [7, 11) is -1.70. The third-order valence-corrected chi connectivity index (χ3v) is 8.98. The van der Waals surface area contributed by atoms with Crippen molar-refractivity contribution in [1.29, 1.82) is 0 Å². The molecular formula is C24H23N3O3S2. The molecule has 1 atom stereocenters. The molecule has 0 N–H and O–H groups in total. The molecule has 3 aromatic carbocycles. The summed E-state index contributed by atoms with van der Waals surface area (Å²) >= 11 is 1.48. The van der Waals surface area contributed by atoms with Gasteiger partial charge in [0.15, 0.2) is 4.80 Å². The van der Waals surface area contributed by atoms with Crippen LogP contribution in [-0.4, -0.2) is 36.3 Å². The van der Waals surface area contributed by atoms with E-state index >= 15 is 0 Å². The fraction of sp³-hybridized carbons (Fsp3) is 0.250. The number of hydrogen-bond donors (Lipinski definition) is 0. The fourth-order valence-corrected chi connectivity index (χ4v) is 6.90. The van der Waals surface area contributed by atoms with Crippen molar-refractivity contribution < 1.29 is 13.2 Å². The zero-order chi connectivity index (χ0) is 22.3. The molecule has 0 spiro atoms. The molecule has 0 saturated carbocycles. The van der Waals surface area contributed by atoms with Crippen LogP contribution in [-0.2, 0) is 21.9 Å². The number of carbonyl (C=O) groups is 1. The quantitative estimate of drug-likeness (QED) is 0.460. The van der Waals surface area contributed by atoms with Crippen LogP contribution in [0.4, 0.5) is 0 Å². The summed E-state index contributed by atoms with van der Waals surface area (Å²) in [5, 5.41) is 2.26. The van der Waals surface area contributed by atoms with Crippen LogP contribution in [0.15, 0.2) is 76.6 Å². The second kappa shape index (κ2) is 8.27. The molecule has 1 aliphatic heterocycles. The molecule has 8 heteroatoms. The molecule has 1 unspecified atom stereocenters. The number of piperidine rings is 1. The number of nitrogens with zero attached hydrogens (tertiary/aromatic N) is 3. The van der Waals surface area contributed by atoms with Crippen LogP contribution >= 0.6 is 11.3 Å². The van der Waals surface area contributed by atoms with Gasteiger partial charge in [0.05, 0.1) is 21.0 Å². The Labute approximate surface area is 190 Å². The molecule has 0 aliphatic carbocycles. The summed E-state index contributed by atoms with van der Waals surface area (Å²) in [5.41, 5.74) is 1.05. The van der Waals surface area contributed by atoms with E-state index in [0.717, 1.165) is 21.0 Å². The maximum absolute atomic E-state index is 13.1. The highest BCUT2D eigenvalue weighted by molar-refractivity contribution is 7.89. The van der Waals surface area contributed by atoms with E-state index in [2.05, 4.69) is 29.3 Å². The number of aryl methyl sites for hydroxylation is 1. The van der Waals surface area contributed by atoms with Crippen molar-refractivity contribution in [1.82, 2.24) is 8.87 Å². The summed E-state index contributed by atoms with van der Waals surface area (Å²) in [6.45, 7) is 0.584. The summed E-state index contributed by atoms with van der Waals surface area (Å²) in [5.74, 6) is -0.700. The van der Waals surface area contributed by atoms with Crippen LogP contribution in [0.25, 0.3) is 21.0 Å². The molecular weight excluding hydrogens is 442 g/mol. The SMILES string of the molecule is Cn1c(=NC(=O)C2CCCN(S(=O)(=O)c3ccccc3)C2)sc2ccc3ccccc3c21. The number of fused-ring (bicyclic) bond motifs is 3. The monoisotopic (exact) mass is 465 g/mol. The van der Waals surface area contributed by atoms with Crippen LogP contribution in [0.3, 0.4) is 0 Å². The van der Waals surface area contributed by atoms with Crippen LogP contribution in [0.2, 0.25) is 0 Å². The third kappa shape index (κ3) is 3.68. The van der Waals surface area contributed by atoms with Gasteiger partial charge in [-0.2, -0.15) is 9.30 Å². The molecule has 2 heterocycles. The molecule has 6 nitrogen and oxygen atoms in total. The van der Waals surface area contributed by atoms with Gasteiger partial charge in [0.2, 0.25) is 10.0 Å². The van der Waals surface area contributed by atoms with Gasteiger partial charge in [-0.15, -0.1) is 0 Å². The first-order chi connectivity index (χ1) is 15.4. The van der Waals surface area contributed by atoms with E-state index in [1.807, 2.05) is 23.7 Å². The Morgan fingerprint density at radius 1 is 1.03 bits per heavy atom. The maximum atomic E-state index is 13.1. The molecule has 4 aromatic rings. The number of rotatable bonds is 3. The van der Waals surface area contributed by atoms with Crippen LogP contribution in [0.5, 0.6) is 0 Å². The van der Waals surface area contributed by atoms with Gasteiger partial charge in [0, 0.05) is 25.5 Å². The van der Waals surface area contributed by atoms with Gasteiger partial charge < -0.3 is 4.57 Å². The molecule has 164 valence electrons. The van der Waals surface area contributed by atoms with Crippen molar-refractivity contribution in [3.05, 3.63) is 71.5 Å². The van der Waals surface area contributed by atoms with E-state index in [0.29, 0.717) is 24.2 Å². The topological polar surface area (TPSA) is 71.7 Å². The Hall–Kier alpha value is -2.81. The van der Waals surface area contributed by atoms with E-state index in [4.69, 9.17) is 0 Å². The van der Waals surface area contributed by atoms with Crippen LogP contribution < -0.4 is 4.80 Å². The van der Waals surface area contributed by atoms with Gasteiger partial charge in [-0.1, -0.05) is 59.9 Å². The minimum absolute atomic E-state index is 0.164. The molecule has 1 aromatic heterocycles. The van der Waals surface area contributed by atoms with E-state index in [1.165, 1.54) is 15.6 Å². The minimum Gasteiger partial charge on any atom is -0.319 e. The summed E-state index contributed by atoms with van der Waals surface area (Å²) in [6.07, 6.45) is 1.28. The van der Waals surface area contributed by atoms with Crippen molar-refractivity contribution in [3.63, 3.8) is 0 Å². The molecule has 0 radical (unpaired) electrons. The van der Waals surface area contributed by atoms with Gasteiger partial charge in [-0.05, 0) is 36.4 Å². The Morgan fingerprint density at radius 3 is 2.59 bits per heavy atom. The van der Waals surface area contributed by atoms with Gasteiger partial charge in [-0.25, -0.2) is 8.42 Å². The van der Waals surface area contributed by atoms with Crippen molar-refractivity contribution in [3.8, 4) is 0 Å². The highest BCUT2D eigenvalue weighted by atomic mass is 32.2. The van der Waals surface area contributed by atoms with Gasteiger partial charge >= 0.3 is 0 Å².